The highest BCUT2D eigenvalue weighted by Gasteiger charge is 2.15. The summed E-state index contributed by atoms with van der Waals surface area (Å²) in [6.07, 6.45) is 0.850. The van der Waals surface area contributed by atoms with E-state index in [9.17, 15) is 13.2 Å². The minimum atomic E-state index is -3.74. The van der Waals surface area contributed by atoms with E-state index in [-0.39, 0.29) is 10.8 Å². The molecule has 0 spiro atoms. The summed E-state index contributed by atoms with van der Waals surface area (Å²) in [6.45, 7) is 4.84. The fraction of sp³-hybridized carbons (Fsp3) is 0.350. The van der Waals surface area contributed by atoms with Gasteiger partial charge in [0, 0.05) is 35.9 Å². The van der Waals surface area contributed by atoms with Crippen LogP contribution < -0.4 is 10.0 Å². The van der Waals surface area contributed by atoms with Crippen LogP contribution in [0.25, 0.3) is 0 Å². The predicted octanol–water partition coefficient (Wildman–Crippen LogP) is 2.59. The summed E-state index contributed by atoms with van der Waals surface area (Å²) in [7, 11) is -3.74. The second-order valence-electron chi connectivity index (χ2n) is 6.70. The van der Waals surface area contributed by atoms with Gasteiger partial charge in [0.05, 0.1) is 18.1 Å². The molecule has 1 heterocycles. The predicted molar refractivity (Wildman–Crippen MR) is 113 cm³/mol. The largest absolute Gasteiger partial charge is 0.379 e. The Morgan fingerprint density at radius 1 is 1.03 bits per heavy atom. The first-order valence-corrected chi connectivity index (χ1v) is 11.3. The van der Waals surface area contributed by atoms with E-state index in [2.05, 4.69) is 14.9 Å². The highest BCUT2D eigenvalue weighted by molar-refractivity contribution is 7.92. The first-order chi connectivity index (χ1) is 13.9. The Bertz CT molecular complexity index is 912. The van der Waals surface area contributed by atoms with E-state index < -0.39 is 10.0 Å². The van der Waals surface area contributed by atoms with Crippen molar-refractivity contribution in [1.29, 1.82) is 0 Å². The summed E-state index contributed by atoms with van der Waals surface area (Å²) in [5.41, 5.74) is 0.832. The normalized spacial score (nSPS) is 15.1. The van der Waals surface area contributed by atoms with Crippen molar-refractivity contribution in [3.05, 3.63) is 59.1 Å². The van der Waals surface area contributed by atoms with Crippen LogP contribution in [0.15, 0.2) is 53.4 Å². The molecule has 0 unspecified atom stereocenters. The lowest BCUT2D eigenvalue weighted by Gasteiger charge is -2.26. The molecule has 7 nitrogen and oxygen atoms in total. The minimum Gasteiger partial charge on any atom is -0.379 e. The molecule has 0 saturated carbocycles. The van der Waals surface area contributed by atoms with E-state index in [4.69, 9.17) is 16.3 Å². The minimum absolute atomic E-state index is 0.0799. The molecule has 2 aromatic rings. The molecule has 29 heavy (non-hydrogen) atoms. The maximum absolute atomic E-state index is 12.5. The van der Waals surface area contributed by atoms with Crippen molar-refractivity contribution < 1.29 is 17.9 Å². The van der Waals surface area contributed by atoms with Crippen molar-refractivity contribution in [3.8, 4) is 0 Å². The molecule has 2 N–H and O–H groups in total. The van der Waals surface area contributed by atoms with Crippen molar-refractivity contribution >= 4 is 33.2 Å². The van der Waals surface area contributed by atoms with E-state index in [1.54, 1.807) is 24.3 Å². The summed E-state index contributed by atoms with van der Waals surface area (Å²) in [5, 5.41) is 3.39. The van der Waals surface area contributed by atoms with Crippen LogP contribution in [-0.4, -0.2) is 58.6 Å². The molecular weight excluding hydrogens is 414 g/mol. The van der Waals surface area contributed by atoms with Gasteiger partial charge >= 0.3 is 0 Å². The highest BCUT2D eigenvalue weighted by Crippen LogP contribution is 2.18. The lowest BCUT2D eigenvalue weighted by molar-refractivity contribution is 0.0374. The van der Waals surface area contributed by atoms with Crippen LogP contribution in [-0.2, 0) is 14.8 Å². The van der Waals surface area contributed by atoms with Gasteiger partial charge in [-0.1, -0.05) is 11.6 Å². The number of anilines is 1. The van der Waals surface area contributed by atoms with Gasteiger partial charge in [0.1, 0.15) is 0 Å². The van der Waals surface area contributed by atoms with Gasteiger partial charge in [-0.05, 0) is 61.5 Å². The second kappa shape index (κ2) is 10.1. The molecule has 0 radical (unpaired) electrons. The smallest absolute Gasteiger partial charge is 0.261 e. The van der Waals surface area contributed by atoms with Crippen molar-refractivity contribution in [2.75, 3.05) is 44.1 Å². The van der Waals surface area contributed by atoms with Gasteiger partial charge in [-0.15, -0.1) is 0 Å². The Morgan fingerprint density at radius 2 is 1.69 bits per heavy atom. The number of ether oxygens (including phenoxy) is 1. The summed E-state index contributed by atoms with van der Waals surface area (Å²) in [6, 6.07) is 12.2. The van der Waals surface area contributed by atoms with Gasteiger partial charge in [-0.25, -0.2) is 8.42 Å². The maximum Gasteiger partial charge on any atom is 0.261 e. The van der Waals surface area contributed by atoms with E-state index in [1.807, 2.05) is 0 Å². The van der Waals surface area contributed by atoms with Gasteiger partial charge in [0.15, 0.2) is 0 Å². The average Bonchev–Trinajstić information content (AvgIpc) is 2.73. The van der Waals surface area contributed by atoms with Crippen molar-refractivity contribution in [2.24, 2.45) is 0 Å². The number of sulfonamides is 1. The summed E-state index contributed by atoms with van der Waals surface area (Å²) >= 11 is 5.81. The third kappa shape index (κ3) is 6.43. The van der Waals surface area contributed by atoms with Gasteiger partial charge in [-0.2, -0.15) is 0 Å². The van der Waals surface area contributed by atoms with Crippen molar-refractivity contribution in [2.45, 2.75) is 11.3 Å². The molecule has 1 saturated heterocycles. The van der Waals surface area contributed by atoms with Gasteiger partial charge in [0.25, 0.3) is 15.9 Å². The number of halogens is 1. The first-order valence-electron chi connectivity index (χ1n) is 9.41. The van der Waals surface area contributed by atoms with Crippen molar-refractivity contribution in [1.82, 2.24) is 10.2 Å². The number of hydrogen-bond acceptors (Lipinski definition) is 5. The fourth-order valence-electron chi connectivity index (χ4n) is 2.95. The number of hydrogen-bond donors (Lipinski definition) is 2. The van der Waals surface area contributed by atoms with Crippen LogP contribution in [0.1, 0.15) is 16.8 Å². The summed E-state index contributed by atoms with van der Waals surface area (Å²) in [4.78, 5) is 14.6. The second-order valence-corrected chi connectivity index (χ2v) is 8.82. The molecule has 156 valence electrons. The Balaban J connectivity index is 1.50. The third-order valence-corrected chi connectivity index (χ3v) is 6.21. The van der Waals surface area contributed by atoms with Crippen LogP contribution in [0.3, 0.4) is 0 Å². The molecule has 0 bridgehead atoms. The quantitative estimate of drug-likeness (QED) is 0.620. The average molecular weight is 438 g/mol. The van der Waals surface area contributed by atoms with Crippen LogP contribution in [0.2, 0.25) is 5.02 Å². The lowest BCUT2D eigenvalue weighted by atomic mass is 10.2. The topological polar surface area (TPSA) is 87.7 Å². The number of rotatable bonds is 8. The van der Waals surface area contributed by atoms with Gasteiger partial charge in [0.2, 0.25) is 0 Å². The van der Waals surface area contributed by atoms with E-state index in [0.29, 0.717) is 22.8 Å². The molecule has 2 aromatic carbocycles. The van der Waals surface area contributed by atoms with Crippen LogP contribution in [0.4, 0.5) is 5.69 Å². The summed E-state index contributed by atoms with van der Waals surface area (Å²) in [5.74, 6) is -0.221. The molecule has 1 fully saturated rings. The zero-order chi connectivity index (χ0) is 20.7. The van der Waals surface area contributed by atoms with E-state index in [0.717, 1.165) is 39.3 Å². The number of amides is 1. The maximum atomic E-state index is 12.5. The van der Waals surface area contributed by atoms with Gasteiger partial charge in [-0.3, -0.25) is 14.4 Å². The molecular formula is C20H24ClN3O4S. The van der Waals surface area contributed by atoms with Crippen molar-refractivity contribution in [3.63, 3.8) is 0 Å². The van der Waals surface area contributed by atoms with Gasteiger partial charge < -0.3 is 10.1 Å². The summed E-state index contributed by atoms with van der Waals surface area (Å²) < 4.78 is 32.7. The molecule has 1 aliphatic rings. The molecule has 0 atom stereocenters. The van der Waals surface area contributed by atoms with E-state index >= 15 is 0 Å². The van der Waals surface area contributed by atoms with Crippen LogP contribution >= 0.6 is 11.6 Å². The Labute approximate surface area is 176 Å². The number of benzene rings is 2. The number of nitrogens with one attached hydrogen (secondary N) is 2. The zero-order valence-electron chi connectivity index (χ0n) is 15.9. The number of morpholine rings is 1. The Morgan fingerprint density at radius 3 is 2.34 bits per heavy atom. The SMILES string of the molecule is O=C(NCCCN1CCOCC1)c1ccc(S(=O)(=O)Nc2ccc(Cl)cc2)cc1. The molecule has 0 aromatic heterocycles. The lowest BCUT2D eigenvalue weighted by Crippen LogP contribution is -2.38. The highest BCUT2D eigenvalue weighted by atomic mass is 35.5. The number of nitrogens with zero attached hydrogens (tertiary/aromatic N) is 1. The Kier molecular flexibility index (Phi) is 7.49. The standard InChI is InChI=1S/C20H24ClN3O4S/c21-17-4-6-18(7-5-17)23-29(26,27)19-8-2-16(3-9-19)20(25)22-10-1-11-24-12-14-28-15-13-24/h2-9,23H,1,10-15H2,(H,22,25). The monoisotopic (exact) mass is 437 g/mol. The third-order valence-electron chi connectivity index (χ3n) is 4.56. The Hall–Kier alpha value is -2.13. The zero-order valence-corrected chi connectivity index (χ0v) is 17.5. The molecule has 0 aliphatic carbocycles. The van der Waals surface area contributed by atoms with E-state index in [1.165, 1.54) is 24.3 Å². The fourth-order valence-corrected chi connectivity index (χ4v) is 4.13. The first kappa shape index (κ1) is 21.6. The number of carbonyl (C=O) groups is 1. The molecule has 9 heteroatoms. The van der Waals surface area contributed by atoms with Crippen LogP contribution in [0, 0.1) is 0 Å². The molecule has 1 amide bonds. The molecule has 3 rings (SSSR count). The molecule has 1 aliphatic heterocycles. The number of carbonyl (C=O) groups excluding carboxylic acids is 1. The van der Waals surface area contributed by atoms with Crippen LogP contribution in [0.5, 0.6) is 0 Å².